The fraction of sp³-hybridized carbons (Fsp3) is 0.250. The third-order valence-corrected chi connectivity index (χ3v) is 2.78. The van der Waals surface area contributed by atoms with Crippen LogP contribution in [0.5, 0.6) is 0 Å². The highest BCUT2D eigenvalue weighted by molar-refractivity contribution is 5.88. The molecule has 0 aliphatic heterocycles. The summed E-state index contributed by atoms with van der Waals surface area (Å²) in [6, 6.07) is 2.60. The van der Waals surface area contributed by atoms with E-state index >= 15 is 0 Å². The lowest BCUT2D eigenvalue weighted by molar-refractivity contribution is -0.385. The monoisotopic (exact) mass is 292 g/mol. The molecule has 0 unspecified atom stereocenters. The van der Waals surface area contributed by atoms with Crippen molar-refractivity contribution < 1.29 is 14.8 Å². The van der Waals surface area contributed by atoms with Crippen molar-refractivity contribution >= 4 is 22.7 Å². The number of nitrogens with one attached hydrogen (secondary N) is 1. The molecule has 21 heavy (non-hydrogen) atoms. The van der Waals surface area contributed by atoms with Crippen LogP contribution < -0.4 is 5.56 Å². The van der Waals surface area contributed by atoms with Crippen LogP contribution in [0.1, 0.15) is 16.1 Å². The maximum atomic E-state index is 11.5. The Morgan fingerprint density at radius 1 is 1.48 bits per heavy atom. The molecule has 0 spiro atoms. The van der Waals surface area contributed by atoms with Gasteiger partial charge in [-0.05, 0) is 20.2 Å². The first-order chi connectivity index (χ1) is 9.79. The van der Waals surface area contributed by atoms with Gasteiger partial charge in [-0.1, -0.05) is 0 Å². The second kappa shape index (κ2) is 5.29. The van der Waals surface area contributed by atoms with Gasteiger partial charge >= 0.3 is 5.97 Å². The van der Waals surface area contributed by atoms with Gasteiger partial charge in [-0.15, -0.1) is 0 Å². The Morgan fingerprint density at radius 2 is 2.14 bits per heavy atom. The van der Waals surface area contributed by atoms with Crippen molar-refractivity contribution in [2.24, 2.45) is 0 Å². The number of fused-ring (bicyclic) bond motifs is 1. The maximum Gasteiger partial charge on any atom is 0.360 e. The summed E-state index contributed by atoms with van der Waals surface area (Å²) >= 11 is 0. The number of nitro groups is 1. The molecule has 9 heteroatoms. The minimum Gasteiger partial charge on any atom is -0.476 e. The number of nitrogens with zero attached hydrogens (tertiary/aromatic N) is 3. The average molecular weight is 292 g/mol. The number of H-pyrrole nitrogens is 1. The molecule has 1 aromatic carbocycles. The second-order valence-electron chi connectivity index (χ2n) is 4.71. The smallest absolute Gasteiger partial charge is 0.360 e. The average Bonchev–Trinajstić information content (AvgIpc) is 2.36. The van der Waals surface area contributed by atoms with Crippen molar-refractivity contribution in [1.82, 2.24) is 14.9 Å². The molecule has 0 fully saturated rings. The standard InChI is InChI=1S/C12H12N4O5/c1-15(2)5-6-3-7-8(4-9(6)16(20)21)14-11(17)10(13-7)12(18)19/h3-4H,5H2,1-2H3,(H,14,17)(H,18,19). The predicted octanol–water partition coefficient (Wildman–Crippen LogP) is 0.591. The lowest BCUT2D eigenvalue weighted by Crippen LogP contribution is -2.20. The third kappa shape index (κ3) is 2.87. The zero-order valence-corrected chi connectivity index (χ0v) is 11.3. The van der Waals surface area contributed by atoms with Crippen molar-refractivity contribution in [1.29, 1.82) is 0 Å². The summed E-state index contributed by atoms with van der Waals surface area (Å²) in [5.74, 6) is -1.45. The van der Waals surface area contributed by atoms with Crippen molar-refractivity contribution in [2.45, 2.75) is 6.54 Å². The van der Waals surface area contributed by atoms with Crippen molar-refractivity contribution in [3.05, 3.63) is 43.9 Å². The summed E-state index contributed by atoms with van der Waals surface area (Å²) < 4.78 is 0. The SMILES string of the molecule is CN(C)Cc1cc2nc(C(=O)O)c(=O)[nH]c2cc1[N+](=O)[O-]. The van der Waals surface area contributed by atoms with E-state index in [0.717, 1.165) is 0 Å². The molecule has 0 amide bonds. The van der Waals surface area contributed by atoms with Gasteiger partial charge in [0, 0.05) is 18.2 Å². The molecule has 0 bridgehead atoms. The zero-order chi connectivity index (χ0) is 15.7. The third-order valence-electron chi connectivity index (χ3n) is 2.78. The van der Waals surface area contributed by atoms with Gasteiger partial charge in [0.15, 0.2) is 0 Å². The Labute approximate surface area is 118 Å². The van der Waals surface area contributed by atoms with E-state index in [1.807, 2.05) is 0 Å². The summed E-state index contributed by atoms with van der Waals surface area (Å²) in [6.45, 7) is 0.287. The van der Waals surface area contributed by atoms with E-state index in [2.05, 4.69) is 9.97 Å². The van der Waals surface area contributed by atoms with Gasteiger partial charge in [0.1, 0.15) is 0 Å². The molecule has 0 atom stereocenters. The van der Waals surface area contributed by atoms with Crippen LogP contribution in [0.3, 0.4) is 0 Å². The van der Waals surface area contributed by atoms with E-state index in [0.29, 0.717) is 5.56 Å². The first-order valence-electron chi connectivity index (χ1n) is 5.89. The van der Waals surface area contributed by atoms with Crippen LogP contribution in [-0.4, -0.2) is 45.0 Å². The Bertz CT molecular complexity index is 796. The van der Waals surface area contributed by atoms with Crippen LogP contribution in [0.2, 0.25) is 0 Å². The number of carbonyl (C=O) groups is 1. The molecule has 0 aliphatic carbocycles. The van der Waals surface area contributed by atoms with Crippen molar-refractivity contribution in [3.63, 3.8) is 0 Å². The predicted molar refractivity (Wildman–Crippen MR) is 73.4 cm³/mol. The summed E-state index contributed by atoms with van der Waals surface area (Å²) in [7, 11) is 3.49. The number of carboxylic acids is 1. The van der Waals surface area contributed by atoms with E-state index in [9.17, 15) is 19.7 Å². The number of carboxylic acid groups (broad SMARTS) is 1. The van der Waals surface area contributed by atoms with E-state index in [1.165, 1.54) is 12.1 Å². The van der Waals surface area contributed by atoms with Gasteiger partial charge in [0.05, 0.1) is 16.0 Å². The Hall–Kier alpha value is -2.81. The summed E-state index contributed by atoms with van der Waals surface area (Å²) in [5, 5.41) is 20.0. The van der Waals surface area contributed by atoms with E-state index in [-0.39, 0.29) is 23.3 Å². The number of hydrogen-bond acceptors (Lipinski definition) is 6. The van der Waals surface area contributed by atoms with Crippen LogP contribution in [0.25, 0.3) is 11.0 Å². The molecule has 2 aromatic rings. The maximum absolute atomic E-state index is 11.5. The number of aromatic amines is 1. The number of aromatic nitrogens is 2. The Balaban J connectivity index is 2.75. The lowest BCUT2D eigenvalue weighted by atomic mass is 10.1. The quantitative estimate of drug-likeness (QED) is 0.623. The van der Waals surface area contributed by atoms with Crippen molar-refractivity contribution in [2.75, 3.05) is 14.1 Å². The van der Waals surface area contributed by atoms with Gasteiger partial charge in [-0.25, -0.2) is 9.78 Å². The van der Waals surface area contributed by atoms with Crippen LogP contribution in [-0.2, 0) is 6.54 Å². The first kappa shape index (κ1) is 14.6. The van der Waals surface area contributed by atoms with E-state index in [4.69, 9.17) is 5.11 Å². The highest BCUT2D eigenvalue weighted by Crippen LogP contribution is 2.24. The molecule has 0 aliphatic rings. The molecule has 2 rings (SSSR count). The van der Waals surface area contributed by atoms with Crippen molar-refractivity contribution in [3.8, 4) is 0 Å². The van der Waals surface area contributed by atoms with Crippen LogP contribution in [0.4, 0.5) is 5.69 Å². The fourth-order valence-corrected chi connectivity index (χ4v) is 1.95. The van der Waals surface area contributed by atoms with E-state index < -0.39 is 22.1 Å². The molecule has 1 heterocycles. The number of benzene rings is 1. The molecule has 0 saturated heterocycles. The second-order valence-corrected chi connectivity index (χ2v) is 4.71. The molecular formula is C12H12N4O5. The summed E-state index contributed by atoms with van der Waals surface area (Å²) in [5.41, 5.74) is -1.00. The highest BCUT2D eigenvalue weighted by Gasteiger charge is 2.19. The number of nitro benzene ring substituents is 1. The molecule has 0 saturated carbocycles. The molecular weight excluding hydrogens is 280 g/mol. The van der Waals surface area contributed by atoms with Gasteiger partial charge in [0.2, 0.25) is 5.69 Å². The number of rotatable bonds is 4. The van der Waals surface area contributed by atoms with Gasteiger partial charge < -0.3 is 15.0 Å². The number of aromatic carboxylic acids is 1. The molecule has 110 valence electrons. The topological polar surface area (TPSA) is 129 Å². The minimum atomic E-state index is -1.45. The first-order valence-corrected chi connectivity index (χ1v) is 5.89. The number of hydrogen-bond donors (Lipinski definition) is 2. The summed E-state index contributed by atoms with van der Waals surface area (Å²) in [6.07, 6.45) is 0. The zero-order valence-electron chi connectivity index (χ0n) is 11.3. The van der Waals surface area contributed by atoms with Gasteiger partial charge in [0.25, 0.3) is 11.2 Å². The lowest BCUT2D eigenvalue weighted by Gasteiger charge is -2.10. The molecule has 9 nitrogen and oxygen atoms in total. The Morgan fingerprint density at radius 3 is 2.67 bits per heavy atom. The normalized spacial score (nSPS) is 11.0. The van der Waals surface area contributed by atoms with Gasteiger partial charge in [-0.3, -0.25) is 14.9 Å². The Kier molecular flexibility index (Phi) is 3.68. The fourth-order valence-electron chi connectivity index (χ4n) is 1.95. The van der Waals surface area contributed by atoms with Crippen LogP contribution in [0.15, 0.2) is 16.9 Å². The highest BCUT2D eigenvalue weighted by atomic mass is 16.6. The molecule has 1 aromatic heterocycles. The van der Waals surface area contributed by atoms with Crippen LogP contribution in [0, 0.1) is 10.1 Å². The largest absolute Gasteiger partial charge is 0.476 e. The molecule has 0 radical (unpaired) electrons. The minimum absolute atomic E-state index is 0.124. The van der Waals surface area contributed by atoms with Gasteiger partial charge in [-0.2, -0.15) is 0 Å². The molecule has 2 N–H and O–H groups in total. The summed E-state index contributed by atoms with van der Waals surface area (Å²) in [4.78, 5) is 40.8. The van der Waals surface area contributed by atoms with Crippen LogP contribution >= 0.6 is 0 Å². The van der Waals surface area contributed by atoms with E-state index in [1.54, 1.807) is 19.0 Å².